The monoisotopic (exact) mass is 622 g/mol. The first-order valence-electron chi connectivity index (χ1n) is 13.4. The van der Waals surface area contributed by atoms with Gasteiger partial charge in [-0.25, -0.2) is 36.5 Å². The highest BCUT2D eigenvalue weighted by molar-refractivity contribution is 7.92. The molecular weight excluding hydrogens is 597 g/mol. The molecule has 220 valence electrons. The quantitative estimate of drug-likeness (QED) is 0.186. The molecule has 3 N–H and O–H groups in total. The number of benzene rings is 3. The minimum Gasteiger partial charge on any atom is -0.351 e. The number of hydrogen-bond acceptors (Lipinski definition) is 8. The highest BCUT2D eigenvalue weighted by Crippen LogP contribution is 2.42. The highest BCUT2D eigenvalue weighted by atomic mass is 32.2. The number of nitrogens with zero attached hydrogens (tertiary/aromatic N) is 3. The number of halogens is 3. The van der Waals surface area contributed by atoms with Gasteiger partial charge in [0, 0.05) is 23.4 Å². The number of anilines is 2. The van der Waals surface area contributed by atoms with Crippen molar-refractivity contribution in [1.29, 1.82) is 0 Å². The summed E-state index contributed by atoms with van der Waals surface area (Å²) in [4.78, 5) is 13.2. The van der Waals surface area contributed by atoms with Crippen LogP contribution in [0.5, 0.6) is 0 Å². The Morgan fingerprint density at radius 3 is 2.33 bits per heavy atom. The fourth-order valence-corrected chi connectivity index (χ4v) is 7.07. The lowest BCUT2D eigenvalue weighted by Gasteiger charge is -2.23. The zero-order valence-electron chi connectivity index (χ0n) is 22.5. The average molecular weight is 623 g/mol. The molecule has 1 aliphatic rings. The third kappa shape index (κ3) is 6.10. The van der Waals surface area contributed by atoms with Crippen molar-refractivity contribution in [2.24, 2.45) is 0 Å². The van der Waals surface area contributed by atoms with Crippen LogP contribution in [-0.4, -0.2) is 42.5 Å². The number of aromatic nitrogens is 3. The summed E-state index contributed by atoms with van der Waals surface area (Å²) in [5, 5.41) is 7.28. The number of thiazole rings is 1. The van der Waals surface area contributed by atoms with E-state index in [1.165, 1.54) is 29.5 Å². The summed E-state index contributed by atoms with van der Waals surface area (Å²) in [7, 11) is -4.81. The van der Waals surface area contributed by atoms with Crippen LogP contribution < -0.4 is 15.4 Å². The molecule has 13 heteroatoms. The molecule has 0 bridgehead atoms. The molecule has 1 fully saturated rings. The minimum absolute atomic E-state index is 0.0193. The van der Waals surface area contributed by atoms with Gasteiger partial charge >= 0.3 is 0 Å². The molecule has 0 unspecified atom stereocenters. The molecule has 0 radical (unpaired) electrons. The Balaban J connectivity index is 1.42. The van der Waals surface area contributed by atoms with Crippen molar-refractivity contribution in [3.63, 3.8) is 0 Å². The fraction of sp³-hybridized carbons (Fsp3) is 0.167. The maximum absolute atomic E-state index is 16.1. The first kappa shape index (κ1) is 28.8. The molecule has 2 aromatic heterocycles. The maximum Gasteiger partial charge on any atom is 0.267 e. The van der Waals surface area contributed by atoms with E-state index < -0.39 is 38.1 Å². The van der Waals surface area contributed by atoms with Crippen molar-refractivity contribution in [2.75, 3.05) is 23.1 Å². The number of nitrogens with one attached hydrogen (secondary N) is 3. The molecule has 6 rings (SSSR count). The molecule has 5 aromatic rings. The summed E-state index contributed by atoms with van der Waals surface area (Å²) in [5.41, 5.74) is 1.02. The molecule has 0 saturated carbocycles. The van der Waals surface area contributed by atoms with Gasteiger partial charge in [0.05, 0.1) is 22.0 Å². The zero-order chi connectivity index (χ0) is 30.0. The number of rotatable bonds is 8. The second-order valence-electron chi connectivity index (χ2n) is 9.82. The summed E-state index contributed by atoms with van der Waals surface area (Å²) in [5.74, 6) is -3.12. The molecule has 0 spiro atoms. The van der Waals surface area contributed by atoms with E-state index in [1.54, 1.807) is 12.3 Å². The van der Waals surface area contributed by atoms with Gasteiger partial charge in [-0.05, 0) is 56.3 Å². The second kappa shape index (κ2) is 12.1. The second-order valence-corrected chi connectivity index (χ2v) is 12.4. The molecule has 8 nitrogen and oxygen atoms in total. The van der Waals surface area contributed by atoms with Gasteiger partial charge in [-0.15, -0.1) is 11.3 Å². The van der Waals surface area contributed by atoms with Gasteiger partial charge in [0.1, 0.15) is 16.6 Å². The fourth-order valence-electron chi connectivity index (χ4n) is 4.81. The van der Waals surface area contributed by atoms with Crippen LogP contribution in [-0.2, 0) is 10.0 Å². The van der Waals surface area contributed by atoms with E-state index in [9.17, 15) is 17.2 Å². The Morgan fingerprint density at radius 1 is 0.860 bits per heavy atom. The summed E-state index contributed by atoms with van der Waals surface area (Å²) in [6, 6.07) is 18.0. The van der Waals surface area contributed by atoms with E-state index in [2.05, 4.69) is 15.6 Å². The lowest BCUT2D eigenvalue weighted by atomic mass is 10.1. The van der Waals surface area contributed by atoms with E-state index in [-0.39, 0.29) is 17.3 Å². The first-order valence-corrected chi connectivity index (χ1v) is 15.7. The third-order valence-corrected chi connectivity index (χ3v) is 9.44. The summed E-state index contributed by atoms with van der Waals surface area (Å²) >= 11 is 1.30. The van der Waals surface area contributed by atoms with Crippen molar-refractivity contribution in [2.45, 2.75) is 23.8 Å². The van der Waals surface area contributed by atoms with Crippen LogP contribution in [0.25, 0.3) is 32.4 Å². The minimum atomic E-state index is -4.81. The standard InChI is InChI=1S/C30H25F3N6O2S2/c31-21-9-5-10-22(32)28(21)43(40,41)39-23-11-4-8-20(25(23)33)26-27(42-29(38-26)18-6-2-1-3-7-18)24-14-17-35-30(37-24)36-19-12-15-34-16-13-19/h1-11,14,17,19,34,39H,12-13,15-16H2,(H,35,36,37). The van der Waals surface area contributed by atoms with Gasteiger partial charge in [0.15, 0.2) is 10.7 Å². The lowest BCUT2D eigenvalue weighted by Crippen LogP contribution is -2.35. The number of sulfonamides is 1. The first-order chi connectivity index (χ1) is 20.8. The Morgan fingerprint density at radius 2 is 1.58 bits per heavy atom. The Kier molecular flexibility index (Phi) is 8.10. The van der Waals surface area contributed by atoms with Crippen LogP contribution >= 0.6 is 11.3 Å². The Bertz CT molecular complexity index is 1860. The van der Waals surface area contributed by atoms with Crippen LogP contribution in [0.15, 0.2) is 83.9 Å². The van der Waals surface area contributed by atoms with Crippen molar-refractivity contribution in [3.05, 3.63) is 96.4 Å². The van der Waals surface area contributed by atoms with Crippen LogP contribution in [0.4, 0.5) is 24.8 Å². The molecule has 1 saturated heterocycles. The smallest absolute Gasteiger partial charge is 0.267 e. The topological polar surface area (TPSA) is 109 Å². The average Bonchev–Trinajstić information content (AvgIpc) is 3.44. The van der Waals surface area contributed by atoms with E-state index in [1.807, 2.05) is 35.1 Å². The van der Waals surface area contributed by atoms with Crippen molar-refractivity contribution in [3.8, 4) is 32.4 Å². The predicted molar refractivity (Wildman–Crippen MR) is 161 cm³/mol. The maximum atomic E-state index is 16.1. The summed E-state index contributed by atoms with van der Waals surface area (Å²) < 4.78 is 72.5. The third-order valence-electron chi connectivity index (χ3n) is 6.89. The summed E-state index contributed by atoms with van der Waals surface area (Å²) in [6.45, 7) is 1.78. The molecule has 3 heterocycles. The van der Waals surface area contributed by atoms with E-state index in [0.29, 0.717) is 21.5 Å². The molecule has 0 atom stereocenters. The van der Waals surface area contributed by atoms with E-state index in [0.717, 1.165) is 49.7 Å². The van der Waals surface area contributed by atoms with Crippen molar-refractivity contribution < 1.29 is 21.6 Å². The number of hydrogen-bond donors (Lipinski definition) is 3. The van der Waals surface area contributed by atoms with Crippen LogP contribution in [0.2, 0.25) is 0 Å². The van der Waals surface area contributed by atoms with Crippen molar-refractivity contribution in [1.82, 2.24) is 20.3 Å². The molecule has 1 aliphatic heterocycles. The largest absolute Gasteiger partial charge is 0.351 e. The van der Waals surface area contributed by atoms with Crippen LogP contribution in [0.1, 0.15) is 12.8 Å². The van der Waals surface area contributed by atoms with Gasteiger partial charge in [0.2, 0.25) is 5.95 Å². The normalized spacial score (nSPS) is 14.0. The SMILES string of the molecule is O=S(=O)(Nc1cccc(-c2nc(-c3ccccc3)sc2-c2ccnc(NC3CCNCC3)n2)c1F)c1c(F)cccc1F. The van der Waals surface area contributed by atoms with Crippen LogP contribution in [0, 0.1) is 17.5 Å². The molecule has 3 aromatic carbocycles. The van der Waals surface area contributed by atoms with E-state index in [4.69, 9.17) is 9.97 Å². The highest BCUT2D eigenvalue weighted by Gasteiger charge is 2.27. The molecule has 0 amide bonds. The van der Waals surface area contributed by atoms with Gasteiger partial charge in [-0.1, -0.05) is 42.5 Å². The van der Waals surface area contributed by atoms with Gasteiger partial charge < -0.3 is 10.6 Å². The summed E-state index contributed by atoms with van der Waals surface area (Å²) in [6.07, 6.45) is 3.45. The zero-order valence-corrected chi connectivity index (χ0v) is 24.2. The Labute approximate surface area is 250 Å². The molecular formula is C30H25F3N6O2S2. The Hall–Kier alpha value is -4.33. The molecule has 43 heavy (non-hydrogen) atoms. The molecule has 0 aliphatic carbocycles. The van der Waals surface area contributed by atoms with Gasteiger partial charge in [-0.3, -0.25) is 4.72 Å². The van der Waals surface area contributed by atoms with Crippen LogP contribution in [0.3, 0.4) is 0 Å². The van der Waals surface area contributed by atoms with Gasteiger partial charge in [0.25, 0.3) is 10.0 Å². The number of piperidine rings is 1. The van der Waals surface area contributed by atoms with E-state index >= 15 is 4.39 Å². The van der Waals surface area contributed by atoms with Gasteiger partial charge in [-0.2, -0.15) is 0 Å². The predicted octanol–water partition coefficient (Wildman–Crippen LogP) is 6.32. The lowest BCUT2D eigenvalue weighted by molar-refractivity contribution is 0.477. The van der Waals surface area contributed by atoms with Crippen molar-refractivity contribution >= 4 is 33.0 Å².